The number of rotatable bonds is 6. The van der Waals surface area contributed by atoms with Gasteiger partial charge in [0.2, 0.25) is 5.91 Å². The largest absolute Gasteiger partial charge is 0.384 e. The van der Waals surface area contributed by atoms with Gasteiger partial charge in [-0.15, -0.1) is 0 Å². The van der Waals surface area contributed by atoms with E-state index in [-0.39, 0.29) is 29.7 Å². The minimum Gasteiger partial charge on any atom is -0.384 e. The van der Waals surface area contributed by atoms with E-state index in [1.165, 1.54) is 0 Å². The van der Waals surface area contributed by atoms with Crippen molar-refractivity contribution in [2.45, 2.75) is 51.2 Å². The van der Waals surface area contributed by atoms with Crippen LogP contribution in [-0.2, 0) is 11.3 Å². The van der Waals surface area contributed by atoms with Gasteiger partial charge in [0, 0.05) is 42.0 Å². The highest BCUT2D eigenvalue weighted by Gasteiger charge is 2.25. The van der Waals surface area contributed by atoms with Crippen LogP contribution in [0.2, 0.25) is 0 Å². The lowest BCUT2D eigenvalue weighted by molar-refractivity contribution is -0.119. The maximum atomic E-state index is 13.6. The third-order valence-corrected chi connectivity index (χ3v) is 7.13. The summed E-state index contributed by atoms with van der Waals surface area (Å²) in [5.41, 5.74) is 8.98. The number of amidine groups is 1. The molecule has 0 spiro atoms. The molecular weight excluding hydrogens is 450 g/mol. The maximum Gasteiger partial charge on any atom is 0.268 e. The van der Waals surface area contributed by atoms with E-state index in [1.807, 2.05) is 47.0 Å². The summed E-state index contributed by atoms with van der Waals surface area (Å²) in [7, 11) is 0. The summed E-state index contributed by atoms with van der Waals surface area (Å²) in [6.07, 6.45) is 3.36. The van der Waals surface area contributed by atoms with Crippen LogP contribution in [0, 0.1) is 5.41 Å². The van der Waals surface area contributed by atoms with Gasteiger partial charge < -0.3 is 20.9 Å². The molecule has 0 saturated heterocycles. The minimum absolute atomic E-state index is 0.00302. The van der Waals surface area contributed by atoms with Gasteiger partial charge in [-0.1, -0.05) is 54.6 Å². The molecule has 7 nitrogen and oxygen atoms in total. The van der Waals surface area contributed by atoms with E-state index in [0.717, 1.165) is 52.9 Å². The molecule has 0 radical (unpaired) electrons. The first-order valence-electron chi connectivity index (χ1n) is 12.4. The van der Waals surface area contributed by atoms with E-state index in [2.05, 4.69) is 34.9 Å². The van der Waals surface area contributed by atoms with Gasteiger partial charge in [0.1, 0.15) is 11.5 Å². The Morgan fingerprint density at radius 3 is 2.33 bits per heavy atom. The van der Waals surface area contributed by atoms with Crippen LogP contribution < -0.4 is 16.4 Å². The first kappa shape index (κ1) is 23.6. The number of hydrogen-bond acceptors (Lipinski definition) is 3. The van der Waals surface area contributed by atoms with Gasteiger partial charge >= 0.3 is 0 Å². The molecule has 7 heteroatoms. The number of nitrogens with one attached hydrogen (secondary N) is 3. The van der Waals surface area contributed by atoms with Crippen molar-refractivity contribution < 1.29 is 9.59 Å². The average Bonchev–Trinajstić information content (AvgIpc) is 3.23. The second-order valence-electron chi connectivity index (χ2n) is 9.66. The molecule has 1 aromatic heterocycles. The summed E-state index contributed by atoms with van der Waals surface area (Å²) >= 11 is 0. The quantitative estimate of drug-likeness (QED) is 0.243. The van der Waals surface area contributed by atoms with Crippen LogP contribution in [-0.4, -0.2) is 34.3 Å². The molecule has 5 N–H and O–H groups in total. The molecule has 1 saturated carbocycles. The highest BCUT2D eigenvalue weighted by Crippen LogP contribution is 2.27. The van der Waals surface area contributed by atoms with Gasteiger partial charge in [-0.2, -0.15) is 0 Å². The molecule has 3 aromatic carbocycles. The summed E-state index contributed by atoms with van der Waals surface area (Å²) < 4.78 is 2.03. The minimum atomic E-state index is -0.112. The van der Waals surface area contributed by atoms with E-state index >= 15 is 0 Å². The number of nitrogen functional groups attached to an aromatic ring is 1. The van der Waals surface area contributed by atoms with Crippen LogP contribution in [0.15, 0.2) is 66.7 Å². The van der Waals surface area contributed by atoms with Crippen molar-refractivity contribution in [3.63, 3.8) is 0 Å². The Morgan fingerprint density at radius 2 is 1.61 bits per heavy atom. The Kier molecular flexibility index (Phi) is 6.46. The van der Waals surface area contributed by atoms with Gasteiger partial charge in [-0.25, -0.2) is 0 Å². The zero-order valence-electron chi connectivity index (χ0n) is 20.4. The van der Waals surface area contributed by atoms with E-state index in [9.17, 15) is 9.59 Å². The van der Waals surface area contributed by atoms with Crippen molar-refractivity contribution in [3.8, 4) is 0 Å². The topological polar surface area (TPSA) is 113 Å². The molecule has 184 valence electrons. The lowest BCUT2D eigenvalue weighted by Crippen LogP contribution is -2.43. The van der Waals surface area contributed by atoms with Crippen LogP contribution in [0.1, 0.15) is 54.2 Å². The Labute approximate surface area is 210 Å². The zero-order valence-corrected chi connectivity index (χ0v) is 20.4. The molecule has 0 aliphatic heterocycles. The summed E-state index contributed by atoms with van der Waals surface area (Å²) in [6.45, 7) is 2.06. The number of nitrogens with zero attached hydrogens (tertiary/aromatic N) is 1. The van der Waals surface area contributed by atoms with Crippen molar-refractivity contribution in [1.82, 2.24) is 15.2 Å². The fourth-order valence-corrected chi connectivity index (χ4v) is 5.31. The SMILES string of the molecule is CC(=O)N[C@H]1CC[C@H](NC(=O)c2cc3ccc(C(=N)N)cc3n2Cc2cccc3ccccc23)CC1. The monoisotopic (exact) mass is 481 g/mol. The number of benzene rings is 3. The van der Waals surface area contributed by atoms with Crippen LogP contribution in [0.25, 0.3) is 21.7 Å². The Balaban J connectivity index is 1.48. The Hall–Kier alpha value is -4.13. The molecule has 2 amide bonds. The summed E-state index contributed by atoms with van der Waals surface area (Å²) in [6, 6.07) is 22.2. The Bertz CT molecular complexity index is 1460. The molecule has 1 heterocycles. The molecular formula is C29H31N5O2. The third kappa shape index (κ3) is 4.82. The molecule has 0 unspecified atom stereocenters. The Morgan fingerprint density at radius 1 is 0.917 bits per heavy atom. The molecule has 4 aromatic rings. The van der Waals surface area contributed by atoms with Crippen molar-refractivity contribution in [2.24, 2.45) is 5.73 Å². The van der Waals surface area contributed by atoms with E-state index in [0.29, 0.717) is 17.8 Å². The van der Waals surface area contributed by atoms with Gasteiger partial charge in [0.15, 0.2) is 0 Å². The highest BCUT2D eigenvalue weighted by atomic mass is 16.2. The van der Waals surface area contributed by atoms with Gasteiger partial charge in [-0.05, 0) is 54.2 Å². The predicted octanol–water partition coefficient (Wildman–Crippen LogP) is 4.30. The summed E-state index contributed by atoms with van der Waals surface area (Å²) in [4.78, 5) is 24.9. The molecule has 0 atom stereocenters. The molecule has 1 aliphatic rings. The number of aromatic nitrogens is 1. The molecule has 5 rings (SSSR count). The number of carbonyl (C=O) groups is 2. The van der Waals surface area contributed by atoms with Crippen molar-refractivity contribution >= 4 is 39.3 Å². The van der Waals surface area contributed by atoms with Gasteiger partial charge in [0.05, 0.1) is 0 Å². The number of hydrogen-bond donors (Lipinski definition) is 4. The van der Waals surface area contributed by atoms with Crippen molar-refractivity contribution in [1.29, 1.82) is 5.41 Å². The highest BCUT2D eigenvalue weighted by molar-refractivity contribution is 6.02. The number of carbonyl (C=O) groups excluding carboxylic acids is 2. The normalized spacial score (nSPS) is 17.7. The zero-order chi connectivity index (χ0) is 25.2. The second-order valence-corrected chi connectivity index (χ2v) is 9.66. The van der Waals surface area contributed by atoms with Crippen LogP contribution in [0.5, 0.6) is 0 Å². The third-order valence-electron chi connectivity index (χ3n) is 7.13. The smallest absolute Gasteiger partial charge is 0.268 e. The van der Waals surface area contributed by atoms with Crippen LogP contribution in [0.4, 0.5) is 0 Å². The molecule has 0 bridgehead atoms. The van der Waals surface area contributed by atoms with Gasteiger partial charge in [-0.3, -0.25) is 15.0 Å². The van der Waals surface area contributed by atoms with Crippen molar-refractivity contribution in [2.75, 3.05) is 0 Å². The first-order valence-corrected chi connectivity index (χ1v) is 12.4. The fourth-order valence-electron chi connectivity index (χ4n) is 5.31. The molecule has 36 heavy (non-hydrogen) atoms. The van der Waals surface area contributed by atoms with Crippen LogP contribution in [0.3, 0.4) is 0 Å². The summed E-state index contributed by atoms with van der Waals surface area (Å²) in [5, 5.41) is 17.3. The number of fused-ring (bicyclic) bond motifs is 2. The second kappa shape index (κ2) is 9.85. The standard InChI is InChI=1S/C29H31N5O2/c1-18(35)32-23-11-13-24(14-12-23)33-29(36)27-15-20-9-10-21(28(30)31)16-26(20)34(27)17-22-7-4-6-19-5-2-3-8-25(19)22/h2-10,15-16,23-24H,11-14,17H2,1H3,(H3,30,31)(H,32,35)(H,33,36)/t23-,24-. The number of amides is 2. The first-order chi connectivity index (χ1) is 17.4. The van der Waals surface area contributed by atoms with E-state index in [1.54, 1.807) is 6.92 Å². The lowest BCUT2D eigenvalue weighted by Gasteiger charge is -2.29. The van der Waals surface area contributed by atoms with Gasteiger partial charge in [0.25, 0.3) is 5.91 Å². The summed E-state index contributed by atoms with van der Waals surface area (Å²) in [5.74, 6) is -0.124. The average molecular weight is 482 g/mol. The molecule has 1 aliphatic carbocycles. The number of nitrogens with two attached hydrogens (primary N) is 1. The molecule has 1 fully saturated rings. The predicted molar refractivity (Wildman–Crippen MR) is 143 cm³/mol. The van der Waals surface area contributed by atoms with Crippen LogP contribution >= 0.6 is 0 Å². The fraction of sp³-hybridized carbons (Fsp3) is 0.276. The van der Waals surface area contributed by atoms with E-state index in [4.69, 9.17) is 11.1 Å². The van der Waals surface area contributed by atoms with Crippen molar-refractivity contribution in [3.05, 3.63) is 83.6 Å². The maximum absolute atomic E-state index is 13.6. The van der Waals surface area contributed by atoms with E-state index < -0.39 is 0 Å². The lowest BCUT2D eigenvalue weighted by atomic mass is 9.91.